The number of likely N-dealkylation sites (tertiary alicyclic amines) is 1. The Morgan fingerprint density at radius 1 is 1.32 bits per heavy atom. The summed E-state index contributed by atoms with van der Waals surface area (Å²) in [7, 11) is -1.28. The molecule has 1 amide bonds. The normalized spacial score (nSPS) is 18.1. The standard InChI is InChI=1S/C14H20ClN3O3S/c1-14(2,3)21-13(19)18-6-4-11(5-7-18)22(20)12-16-8-10(15)9-17-12/h8-9,11H,4-7H2,1-3H3. The molecule has 1 aliphatic rings. The smallest absolute Gasteiger partial charge is 0.410 e. The van der Waals surface area contributed by atoms with E-state index in [2.05, 4.69) is 9.97 Å². The van der Waals surface area contributed by atoms with Crippen molar-refractivity contribution in [3.8, 4) is 0 Å². The van der Waals surface area contributed by atoms with Gasteiger partial charge in [-0.1, -0.05) is 11.6 Å². The second-order valence-corrected chi connectivity index (χ2v) is 8.21. The van der Waals surface area contributed by atoms with E-state index >= 15 is 0 Å². The van der Waals surface area contributed by atoms with Gasteiger partial charge in [-0.25, -0.2) is 14.8 Å². The molecule has 0 saturated carbocycles. The van der Waals surface area contributed by atoms with Gasteiger partial charge in [0.25, 0.3) is 0 Å². The van der Waals surface area contributed by atoms with Gasteiger partial charge in [-0.15, -0.1) is 0 Å². The van der Waals surface area contributed by atoms with Crippen molar-refractivity contribution in [1.82, 2.24) is 14.9 Å². The van der Waals surface area contributed by atoms with E-state index in [1.165, 1.54) is 12.4 Å². The number of halogens is 1. The Kier molecular flexibility index (Phi) is 5.39. The predicted octanol–water partition coefficient (Wildman–Crippen LogP) is 2.64. The number of carbonyl (C=O) groups excluding carboxylic acids is 1. The fraction of sp³-hybridized carbons (Fsp3) is 0.643. The minimum absolute atomic E-state index is 0.0557. The SMILES string of the molecule is CC(C)(C)OC(=O)N1CCC(S(=O)c2ncc(Cl)cn2)CC1. The van der Waals surface area contributed by atoms with Gasteiger partial charge < -0.3 is 9.64 Å². The molecule has 8 heteroatoms. The first-order valence-electron chi connectivity index (χ1n) is 7.12. The van der Waals surface area contributed by atoms with Gasteiger partial charge in [-0.3, -0.25) is 4.21 Å². The molecule has 1 aromatic rings. The van der Waals surface area contributed by atoms with Crippen LogP contribution in [0.3, 0.4) is 0 Å². The van der Waals surface area contributed by atoms with Crippen molar-refractivity contribution >= 4 is 28.5 Å². The molecule has 22 heavy (non-hydrogen) atoms. The maximum atomic E-state index is 12.4. The molecule has 2 heterocycles. The Labute approximate surface area is 137 Å². The molecular formula is C14H20ClN3O3S. The Balaban J connectivity index is 1.90. The molecule has 0 aliphatic carbocycles. The van der Waals surface area contributed by atoms with Crippen LogP contribution in [0, 0.1) is 0 Å². The summed E-state index contributed by atoms with van der Waals surface area (Å²) in [6, 6.07) is 0. The lowest BCUT2D eigenvalue weighted by Crippen LogP contribution is -2.43. The maximum Gasteiger partial charge on any atom is 0.410 e. The predicted molar refractivity (Wildman–Crippen MR) is 84.3 cm³/mol. The molecule has 1 unspecified atom stereocenters. The van der Waals surface area contributed by atoms with Crippen LogP contribution in [0.4, 0.5) is 4.79 Å². The number of rotatable bonds is 2. The number of nitrogens with zero attached hydrogens (tertiary/aromatic N) is 3. The Morgan fingerprint density at radius 2 is 1.86 bits per heavy atom. The van der Waals surface area contributed by atoms with Crippen molar-refractivity contribution < 1.29 is 13.7 Å². The van der Waals surface area contributed by atoms with Gasteiger partial charge in [-0.2, -0.15) is 0 Å². The van der Waals surface area contributed by atoms with Gasteiger partial charge in [0, 0.05) is 18.3 Å². The number of piperidine rings is 1. The molecule has 0 spiro atoms. The summed E-state index contributed by atoms with van der Waals surface area (Å²) in [5, 5.41) is 0.653. The van der Waals surface area contributed by atoms with Gasteiger partial charge in [0.15, 0.2) is 0 Å². The molecule has 6 nitrogen and oxygen atoms in total. The van der Waals surface area contributed by atoms with Crippen molar-refractivity contribution in [2.75, 3.05) is 13.1 Å². The van der Waals surface area contributed by atoms with Crippen LogP contribution in [0.2, 0.25) is 5.02 Å². The van der Waals surface area contributed by atoms with Gasteiger partial charge in [0.05, 0.1) is 28.2 Å². The van der Waals surface area contributed by atoms with Crippen LogP contribution < -0.4 is 0 Å². The third-order valence-electron chi connectivity index (χ3n) is 3.17. The van der Waals surface area contributed by atoms with Gasteiger partial charge >= 0.3 is 6.09 Å². The average molecular weight is 346 g/mol. The van der Waals surface area contributed by atoms with Gasteiger partial charge in [-0.05, 0) is 33.6 Å². The maximum absolute atomic E-state index is 12.4. The lowest BCUT2D eigenvalue weighted by molar-refractivity contribution is 0.0218. The zero-order valence-corrected chi connectivity index (χ0v) is 14.5. The van der Waals surface area contributed by atoms with Crippen LogP contribution in [-0.2, 0) is 15.5 Å². The van der Waals surface area contributed by atoms with E-state index < -0.39 is 16.4 Å². The number of carbonyl (C=O) groups is 1. The third-order valence-corrected chi connectivity index (χ3v) is 5.02. The molecule has 0 bridgehead atoms. The Hall–Kier alpha value is -1.21. The average Bonchev–Trinajstić information content (AvgIpc) is 2.46. The van der Waals surface area contributed by atoms with Crippen LogP contribution >= 0.6 is 11.6 Å². The fourth-order valence-corrected chi connectivity index (χ4v) is 3.48. The Bertz CT molecular complexity index is 551. The molecule has 2 rings (SSSR count). The van der Waals surface area contributed by atoms with Crippen molar-refractivity contribution in [1.29, 1.82) is 0 Å². The molecule has 1 atom stereocenters. The van der Waals surface area contributed by atoms with E-state index in [-0.39, 0.29) is 11.3 Å². The summed E-state index contributed by atoms with van der Waals surface area (Å²) in [5.41, 5.74) is -0.506. The number of amides is 1. The second kappa shape index (κ2) is 6.91. The van der Waals surface area contributed by atoms with E-state index in [0.29, 0.717) is 36.1 Å². The molecule has 0 N–H and O–H groups in total. The topological polar surface area (TPSA) is 72.4 Å². The minimum Gasteiger partial charge on any atom is -0.444 e. The zero-order chi connectivity index (χ0) is 16.3. The molecule has 1 saturated heterocycles. The van der Waals surface area contributed by atoms with Crippen LogP contribution in [0.1, 0.15) is 33.6 Å². The molecule has 0 radical (unpaired) electrons. The van der Waals surface area contributed by atoms with E-state index in [1.54, 1.807) is 4.90 Å². The van der Waals surface area contributed by atoms with E-state index in [9.17, 15) is 9.00 Å². The van der Waals surface area contributed by atoms with E-state index in [4.69, 9.17) is 16.3 Å². The molecule has 1 aliphatic heterocycles. The first kappa shape index (κ1) is 17.1. The highest BCUT2D eigenvalue weighted by atomic mass is 35.5. The van der Waals surface area contributed by atoms with Gasteiger partial charge in [0.2, 0.25) is 5.16 Å². The summed E-state index contributed by atoms with van der Waals surface area (Å²) >= 11 is 5.73. The number of hydrogen-bond acceptors (Lipinski definition) is 5. The highest BCUT2D eigenvalue weighted by Crippen LogP contribution is 2.21. The molecular weight excluding hydrogens is 326 g/mol. The number of hydrogen-bond donors (Lipinski definition) is 0. The first-order chi connectivity index (χ1) is 10.3. The highest BCUT2D eigenvalue weighted by Gasteiger charge is 2.30. The van der Waals surface area contributed by atoms with E-state index in [0.717, 1.165) is 0 Å². The van der Waals surface area contributed by atoms with Crippen LogP contribution in [0.15, 0.2) is 17.6 Å². The summed E-state index contributed by atoms with van der Waals surface area (Å²) < 4.78 is 17.8. The highest BCUT2D eigenvalue weighted by molar-refractivity contribution is 7.85. The number of aromatic nitrogens is 2. The summed E-state index contributed by atoms with van der Waals surface area (Å²) in [5.74, 6) is 0. The lowest BCUT2D eigenvalue weighted by Gasteiger charge is -2.32. The zero-order valence-electron chi connectivity index (χ0n) is 12.9. The summed E-state index contributed by atoms with van der Waals surface area (Å²) in [4.78, 5) is 21.7. The molecule has 122 valence electrons. The van der Waals surface area contributed by atoms with Crippen LogP contribution in [-0.4, -0.2) is 49.1 Å². The fourth-order valence-electron chi connectivity index (χ4n) is 2.13. The summed E-state index contributed by atoms with van der Waals surface area (Å²) in [6.45, 7) is 6.57. The van der Waals surface area contributed by atoms with E-state index in [1.807, 2.05) is 20.8 Å². The quantitative estimate of drug-likeness (QED) is 0.770. The van der Waals surface area contributed by atoms with Gasteiger partial charge in [0.1, 0.15) is 5.60 Å². The first-order valence-corrected chi connectivity index (χ1v) is 8.71. The van der Waals surface area contributed by atoms with Crippen LogP contribution in [0.5, 0.6) is 0 Å². The Morgan fingerprint density at radius 3 is 2.36 bits per heavy atom. The van der Waals surface area contributed by atoms with Crippen LogP contribution in [0.25, 0.3) is 0 Å². The molecule has 0 aromatic carbocycles. The van der Waals surface area contributed by atoms with Crippen molar-refractivity contribution in [3.05, 3.63) is 17.4 Å². The third kappa shape index (κ3) is 4.64. The second-order valence-electron chi connectivity index (χ2n) is 6.15. The summed E-state index contributed by atoms with van der Waals surface area (Å²) in [6.07, 6.45) is 3.84. The lowest BCUT2D eigenvalue weighted by atomic mass is 10.1. The minimum atomic E-state index is -1.28. The largest absolute Gasteiger partial charge is 0.444 e. The van der Waals surface area contributed by atoms with Crippen molar-refractivity contribution in [3.63, 3.8) is 0 Å². The molecule has 1 aromatic heterocycles. The monoisotopic (exact) mass is 345 g/mol. The van der Waals surface area contributed by atoms with Crippen molar-refractivity contribution in [2.24, 2.45) is 0 Å². The van der Waals surface area contributed by atoms with Crippen molar-refractivity contribution in [2.45, 2.75) is 49.6 Å². The number of ether oxygens (including phenoxy) is 1. The molecule has 1 fully saturated rings.